The molecule has 0 unspecified atom stereocenters. The molecule has 1 saturated carbocycles. The van der Waals surface area contributed by atoms with Crippen molar-refractivity contribution in [3.8, 4) is 5.69 Å². The molecule has 1 aliphatic rings. The highest BCUT2D eigenvalue weighted by atomic mass is 19.4. The first kappa shape index (κ1) is 21.7. The SMILES string of the molecule is COC(=O)c1cc(CNC(=O)c2cnn(-c3cccc(C(F)(F)F)c3)c2C2CC2)oc1C. The van der Waals surface area contributed by atoms with Gasteiger partial charge in [-0.25, -0.2) is 9.48 Å². The van der Waals surface area contributed by atoms with Crippen LogP contribution in [-0.2, 0) is 17.5 Å². The number of methoxy groups -OCH3 is 1. The molecule has 168 valence electrons. The molecule has 0 radical (unpaired) electrons. The number of ether oxygens (including phenoxy) is 1. The van der Waals surface area contributed by atoms with E-state index in [9.17, 15) is 22.8 Å². The summed E-state index contributed by atoms with van der Waals surface area (Å²) >= 11 is 0. The van der Waals surface area contributed by atoms with Crippen molar-refractivity contribution >= 4 is 11.9 Å². The van der Waals surface area contributed by atoms with Gasteiger partial charge in [0, 0.05) is 5.92 Å². The molecular formula is C22H20F3N3O4. The summed E-state index contributed by atoms with van der Waals surface area (Å²) < 4.78 is 50.9. The Morgan fingerprint density at radius 2 is 2.00 bits per heavy atom. The zero-order chi connectivity index (χ0) is 23.0. The Morgan fingerprint density at radius 1 is 1.25 bits per heavy atom. The molecule has 1 fully saturated rings. The fraction of sp³-hybridized carbons (Fsp3) is 0.318. The predicted octanol–water partition coefficient (Wildman–Crippen LogP) is 4.39. The summed E-state index contributed by atoms with van der Waals surface area (Å²) in [5, 5.41) is 6.92. The van der Waals surface area contributed by atoms with E-state index in [1.165, 1.54) is 36.2 Å². The second-order valence-corrected chi connectivity index (χ2v) is 7.53. The molecule has 4 rings (SSSR count). The Bertz CT molecular complexity index is 1180. The van der Waals surface area contributed by atoms with E-state index in [2.05, 4.69) is 15.2 Å². The summed E-state index contributed by atoms with van der Waals surface area (Å²) in [5.74, 6) is -0.183. The molecule has 0 atom stereocenters. The van der Waals surface area contributed by atoms with E-state index < -0.39 is 23.6 Å². The van der Waals surface area contributed by atoms with Gasteiger partial charge in [-0.1, -0.05) is 6.07 Å². The fourth-order valence-electron chi connectivity index (χ4n) is 3.51. The van der Waals surface area contributed by atoms with Crippen LogP contribution in [0.15, 0.2) is 40.9 Å². The lowest BCUT2D eigenvalue weighted by atomic mass is 10.1. The Labute approximate surface area is 181 Å². The number of esters is 1. The number of hydrogen-bond acceptors (Lipinski definition) is 5. The van der Waals surface area contributed by atoms with Crippen LogP contribution in [0.4, 0.5) is 13.2 Å². The molecule has 2 aromatic heterocycles. The summed E-state index contributed by atoms with van der Waals surface area (Å²) in [6.45, 7) is 1.64. The maximum absolute atomic E-state index is 13.1. The standard InChI is InChI=1S/C22H20F3N3O4/c1-12-17(21(30)31-2)9-16(32-12)10-26-20(29)18-11-27-28(19(18)13-6-7-13)15-5-3-4-14(8-15)22(23,24)25/h3-5,8-9,11,13H,6-7,10H2,1-2H3,(H,26,29). The molecule has 1 aliphatic carbocycles. The minimum atomic E-state index is -4.48. The number of amides is 1. The second kappa shape index (κ2) is 8.18. The smallest absolute Gasteiger partial charge is 0.416 e. The molecule has 2 heterocycles. The summed E-state index contributed by atoms with van der Waals surface area (Å²) in [7, 11) is 1.26. The van der Waals surface area contributed by atoms with Gasteiger partial charge in [0.25, 0.3) is 5.91 Å². The number of halogens is 3. The van der Waals surface area contributed by atoms with Crippen LogP contribution in [0.5, 0.6) is 0 Å². The minimum absolute atomic E-state index is 0.0233. The van der Waals surface area contributed by atoms with Gasteiger partial charge in [0.05, 0.1) is 42.4 Å². The fourth-order valence-corrected chi connectivity index (χ4v) is 3.51. The van der Waals surface area contributed by atoms with Gasteiger partial charge in [-0.15, -0.1) is 0 Å². The summed E-state index contributed by atoms with van der Waals surface area (Å²) in [4.78, 5) is 24.6. The second-order valence-electron chi connectivity index (χ2n) is 7.53. The van der Waals surface area contributed by atoms with Crippen molar-refractivity contribution in [2.24, 2.45) is 0 Å². The lowest BCUT2D eigenvalue weighted by Gasteiger charge is -2.12. The van der Waals surface area contributed by atoms with Crippen molar-refractivity contribution in [2.75, 3.05) is 7.11 Å². The van der Waals surface area contributed by atoms with Crippen LogP contribution in [-0.4, -0.2) is 28.8 Å². The number of rotatable bonds is 6. The minimum Gasteiger partial charge on any atom is -0.465 e. The largest absolute Gasteiger partial charge is 0.465 e. The highest BCUT2D eigenvalue weighted by Crippen LogP contribution is 2.43. The summed E-state index contributed by atoms with van der Waals surface area (Å²) in [5.41, 5.74) is 0.597. The average Bonchev–Trinajstić information content (AvgIpc) is 3.39. The van der Waals surface area contributed by atoms with Gasteiger partial charge < -0.3 is 14.5 Å². The molecule has 3 aromatic rings. The van der Waals surface area contributed by atoms with E-state index in [1.54, 1.807) is 6.92 Å². The molecule has 0 saturated heterocycles. The number of hydrogen-bond donors (Lipinski definition) is 1. The Kier molecular flexibility index (Phi) is 5.53. The van der Waals surface area contributed by atoms with E-state index >= 15 is 0 Å². The number of alkyl halides is 3. The first-order valence-electron chi connectivity index (χ1n) is 9.90. The van der Waals surface area contributed by atoms with Crippen LogP contribution in [0, 0.1) is 6.92 Å². The van der Waals surface area contributed by atoms with Crippen LogP contribution < -0.4 is 5.32 Å². The third-order valence-corrected chi connectivity index (χ3v) is 5.23. The van der Waals surface area contributed by atoms with E-state index in [1.807, 2.05) is 0 Å². The van der Waals surface area contributed by atoms with Gasteiger partial charge in [0.1, 0.15) is 17.1 Å². The van der Waals surface area contributed by atoms with Crippen molar-refractivity contribution in [1.29, 1.82) is 0 Å². The monoisotopic (exact) mass is 447 g/mol. The van der Waals surface area contributed by atoms with Crippen LogP contribution in [0.1, 0.15) is 62.3 Å². The molecule has 1 amide bonds. The van der Waals surface area contributed by atoms with Crippen molar-refractivity contribution in [3.63, 3.8) is 0 Å². The van der Waals surface area contributed by atoms with Crippen LogP contribution in [0.3, 0.4) is 0 Å². The molecule has 0 bridgehead atoms. The van der Waals surface area contributed by atoms with E-state index in [-0.39, 0.29) is 23.7 Å². The number of aromatic nitrogens is 2. The molecule has 32 heavy (non-hydrogen) atoms. The zero-order valence-electron chi connectivity index (χ0n) is 17.3. The molecular weight excluding hydrogens is 427 g/mol. The van der Waals surface area contributed by atoms with Gasteiger partial charge in [0.2, 0.25) is 0 Å². The Morgan fingerprint density at radius 3 is 2.66 bits per heavy atom. The molecule has 10 heteroatoms. The molecule has 1 N–H and O–H groups in total. The normalized spacial score (nSPS) is 13.8. The number of carbonyl (C=O) groups is 2. The molecule has 1 aromatic carbocycles. The number of benzene rings is 1. The number of furan rings is 1. The Hall–Kier alpha value is -3.56. The first-order valence-corrected chi connectivity index (χ1v) is 9.90. The number of nitrogens with one attached hydrogen (secondary N) is 1. The van der Waals surface area contributed by atoms with Gasteiger partial charge in [0.15, 0.2) is 0 Å². The van der Waals surface area contributed by atoms with E-state index in [4.69, 9.17) is 4.42 Å². The van der Waals surface area contributed by atoms with Crippen LogP contribution in [0.2, 0.25) is 0 Å². The first-order chi connectivity index (χ1) is 15.2. The Balaban J connectivity index is 1.57. The van der Waals surface area contributed by atoms with Crippen molar-refractivity contribution in [1.82, 2.24) is 15.1 Å². The highest BCUT2D eigenvalue weighted by Gasteiger charge is 2.34. The van der Waals surface area contributed by atoms with E-state index in [0.717, 1.165) is 25.0 Å². The van der Waals surface area contributed by atoms with E-state index in [0.29, 0.717) is 22.8 Å². The maximum Gasteiger partial charge on any atom is 0.416 e. The molecule has 7 nitrogen and oxygen atoms in total. The van der Waals surface area contributed by atoms with Gasteiger partial charge >= 0.3 is 12.1 Å². The topological polar surface area (TPSA) is 86.4 Å². The number of aryl methyl sites for hydroxylation is 1. The molecule has 0 spiro atoms. The van der Waals surface area contributed by atoms with Crippen molar-refractivity contribution in [2.45, 2.75) is 38.4 Å². The number of nitrogens with zero attached hydrogens (tertiary/aromatic N) is 2. The third-order valence-electron chi connectivity index (χ3n) is 5.23. The summed E-state index contributed by atoms with van der Waals surface area (Å²) in [6, 6.07) is 6.34. The quantitative estimate of drug-likeness (QED) is 0.567. The lowest BCUT2D eigenvalue weighted by molar-refractivity contribution is -0.137. The maximum atomic E-state index is 13.1. The predicted molar refractivity (Wildman–Crippen MR) is 106 cm³/mol. The lowest BCUT2D eigenvalue weighted by Crippen LogP contribution is -2.23. The third kappa shape index (κ3) is 4.25. The van der Waals surface area contributed by atoms with Crippen molar-refractivity contribution < 1.29 is 31.9 Å². The average molecular weight is 447 g/mol. The van der Waals surface area contributed by atoms with Crippen LogP contribution in [0.25, 0.3) is 5.69 Å². The highest BCUT2D eigenvalue weighted by molar-refractivity contribution is 5.95. The summed E-state index contributed by atoms with van der Waals surface area (Å²) in [6.07, 6.45) is -1.47. The molecule has 0 aliphatic heterocycles. The zero-order valence-corrected chi connectivity index (χ0v) is 17.3. The number of carbonyl (C=O) groups excluding carboxylic acids is 2. The van der Waals surface area contributed by atoms with Gasteiger partial charge in [-0.3, -0.25) is 4.79 Å². The van der Waals surface area contributed by atoms with Gasteiger partial charge in [-0.05, 0) is 44.0 Å². The van der Waals surface area contributed by atoms with Crippen molar-refractivity contribution in [3.05, 3.63) is 70.4 Å². The van der Waals surface area contributed by atoms with Gasteiger partial charge in [-0.2, -0.15) is 18.3 Å². The van der Waals surface area contributed by atoms with Crippen LogP contribution >= 0.6 is 0 Å².